The molecule has 1 aliphatic rings. The van der Waals surface area contributed by atoms with E-state index >= 15 is 0 Å². The van der Waals surface area contributed by atoms with E-state index in [-0.39, 0.29) is 0 Å². The molecule has 3 nitrogen and oxygen atoms in total. The third kappa shape index (κ3) is 1.87. The van der Waals surface area contributed by atoms with Crippen molar-refractivity contribution in [2.75, 3.05) is 0 Å². The highest BCUT2D eigenvalue weighted by Gasteiger charge is 2.27. The minimum absolute atomic E-state index is 0.315. The average molecular weight is 213 g/mol. The Morgan fingerprint density at radius 2 is 2.12 bits per heavy atom. The molecule has 1 aromatic carbocycles. The average Bonchev–Trinajstić information content (AvgIpc) is 2.55. The topological polar surface area (TPSA) is 53.1 Å². The van der Waals surface area contributed by atoms with Crippen molar-refractivity contribution < 1.29 is 0 Å². The minimum atomic E-state index is 0.315. The summed E-state index contributed by atoms with van der Waals surface area (Å²) in [5.74, 6) is 0. The molecule has 0 bridgehead atoms. The second-order valence-electron chi connectivity index (χ2n) is 4.15. The van der Waals surface area contributed by atoms with E-state index in [1.165, 1.54) is 5.56 Å². The molecule has 16 heavy (non-hydrogen) atoms. The van der Waals surface area contributed by atoms with Crippen molar-refractivity contribution in [1.82, 2.24) is 4.90 Å². The van der Waals surface area contributed by atoms with Gasteiger partial charge in [0.15, 0.2) is 0 Å². The number of allylic oxidation sites excluding steroid dienone is 1. The summed E-state index contributed by atoms with van der Waals surface area (Å²) >= 11 is 0. The quantitative estimate of drug-likeness (QED) is 0.817. The molecule has 0 fully saturated rings. The maximum absolute atomic E-state index is 9.07. The van der Waals surface area contributed by atoms with Gasteiger partial charge in [0.25, 0.3) is 0 Å². The highest BCUT2D eigenvalue weighted by molar-refractivity contribution is 5.31. The van der Waals surface area contributed by atoms with Gasteiger partial charge >= 0.3 is 0 Å². The molecule has 1 aliphatic heterocycles. The van der Waals surface area contributed by atoms with E-state index in [4.69, 9.17) is 11.0 Å². The van der Waals surface area contributed by atoms with Crippen LogP contribution in [0.15, 0.2) is 41.7 Å². The van der Waals surface area contributed by atoms with Gasteiger partial charge in [0.2, 0.25) is 0 Å². The van der Waals surface area contributed by atoms with Crippen LogP contribution in [-0.4, -0.2) is 10.9 Å². The molecule has 0 radical (unpaired) electrons. The summed E-state index contributed by atoms with van der Waals surface area (Å²) in [7, 11) is 0. The van der Waals surface area contributed by atoms with Gasteiger partial charge < -0.3 is 10.6 Å². The third-order valence-corrected chi connectivity index (χ3v) is 2.94. The zero-order chi connectivity index (χ0) is 11.5. The number of nitriles is 1. The van der Waals surface area contributed by atoms with Crippen LogP contribution in [0.4, 0.5) is 0 Å². The Kier molecular flexibility index (Phi) is 2.82. The molecule has 0 saturated heterocycles. The molecule has 0 spiro atoms. The van der Waals surface area contributed by atoms with Gasteiger partial charge in [-0.05, 0) is 12.5 Å². The van der Waals surface area contributed by atoms with Gasteiger partial charge in [0.1, 0.15) is 11.8 Å². The van der Waals surface area contributed by atoms with Gasteiger partial charge in [0, 0.05) is 24.7 Å². The van der Waals surface area contributed by atoms with Crippen molar-refractivity contribution in [2.45, 2.75) is 25.9 Å². The van der Waals surface area contributed by atoms with Crippen molar-refractivity contribution in [1.29, 1.82) is 5.26 Å². The van der Waals surface area contributed by atoms with Crippen LogP contribution in [0.5, 0.6) is 0 Å². The van der Waals surface area contributed by atoms with E-state index in [0.717, 1.165) is 13.0 Å². The normalized spacial score (nSPS) is 20.0. The van der Waals surface area contributed by atoms with Crippen LogP contribution in [0, 0.1) is 11.3 Å². The maximum atomic E-state index is 9.07. The first-order valence-electron chi connectivity index (χ1n) is 5.41. The van der Waals surface area contributed by atoms with Crippen LogP contribution >= 0.6 is 0 Å². The fourth-order valence-corrected chi connectivity index (χ4v) is 2.08. The fraction of sp³-hybridized carbons (Fsp3) is 0.308. The molecule has 0 aliphatic carbocycles. The first-order chi connectivity index (χ1) is 7.72. The van der Waals surface area contributed by atoms with Crippen LogP contribution in [0.1, 0.15) is 18.9 Å². The van der Waals surface area contributed by atoms with Gasteiger partial charge in [0.05, 0.1) is 0 Å². The van der Waals surface area contributed by atoms with Gasteiger partial charge in [-0.1, -0.05) is 30.3 Å². The second-order valence-corrected chi connectivity index (χ2v) is 4.15. The molecule has 1 atom stereocenters. The number of nitrogens with zero attached hydrogens (tertiary/aromatic N) is 2. The SMILES string of the molecule is C[C@H]1CC(N)=C(C#N)N1Cc1ccccc1. The highest BCUT2D eigenvalue weighted by atomic mass is 15.2. The Morgan fingerprint density at radius 1 is 1.44 bits per heavy atom. The second kappa shape index (κ2) is 4.28. The number of hydrogen-bond donors (Lipinski definition) is 1. The van der Waals surface area contributed by atoms with Crippen LogP contribution < -0.4 is 5.73 Å². The molecule has 2 N–H and O–H groups in total. The molecule has 0 unspecified atom stereocenters. The van der Waals surface area contributed by atoms with E-state index in [2.05, 4.69) is 30.0 Å². The largest absolute Gasteiger partial charge is 0.400 e. The van der Waals surface area contributed by atoms with Crippen LogP contribution in [-0.2, 0) is 6.54 Å². The fourth-order valence-electron chi connectivity index (χ4n) is 2.08. The lowest BCUT2D eigenvalue weighted by Crippen LogP contribution is -2.26. The van der Waals surface area contributed by atoms with Crippen molar-refractivity contribution in [2.24, 2.45) is 5.73 Å². The summed E-state index contributed by atoms with van der Waals surface area (Å²) in [5.41, 5.74) is 8.39. The zero-order valence-corrected chi connectivity index (χ0v) is 9.35. The molecule has 0 saturated carbocycles. The number of rotatable bonds is 2. The summed E-state index contributed by atoms with van der Waals surface area (Å²) in [4.78, 5) is 2.07. The molecule has 0 amide bonds. The Morgan fingerprint density at radius 3 is 2.75 bits per heavy atom. The summed E-state index contributed by atoms with van der Waals surface area (Å²) in [6.07, 6.45) is 0.787. The Balaban J connectivity index is 2.19. The number of nitrogens with two attached hydrogens (primary N) is 1. The van der Waals surface area contributed by atoms with Gasteiger partial charge in [-0.2, -0.15) is 5.26 Å². The Hall–Kier alpha value is -1.95. The minimum Gasteiger partial charge on any atom is -0.400 e. The summed E-state index contributed by atoms with van der Waals surface area (Å²) in [6, 6.07) is 12.7. The molecular weight excluding hydrogens is 198 g/mol. The Labute approximate surface area is 95.8 Å². The van der Waals surface area contributed by atoms with E-state index in [1.807, 2.05) is 18.2 Å². The molecule has 0 aromatic heterocycles. The van der Waals surface area contributed by atoms with Crippen molar-refractivity contribution in [3.8, 4) is 6.07 Å². The standard InChI is InChI=1S/C13H15N3/c1-10-7-12(15)13(8-14)16(10)9-11-5-3-2-4-6-11/h2-6,10H,7,9,15H2,1H3/t10-/m0/s1. The predicted molar refractivity (Wildman–Crippen MR) is 62.9 cm³/mol. The smallest absolute Gasteiger partial charge is 0.135 e. The van der Waals surface area contributed by atoms with Crippen LogP contribution in [0.25, 0.3) is 0 Å². The maximum Gasteiger partial charge on any atom is 0.135 e. The lowest BCUT2D eigenvalue weighted by molar-refractivity contribution is 0.296. The summed E-state index contributed by atoms with van der Waals surface area (Å²) < 4.78 is 0. The molecule has 82 valence electrons. The molecule has 3 heteroatoms. The third-order valence-electron chi connectivity index (χ3n) is 2.94. The molecule has 1 heterocycles. The van der Waals surface area contributed by atoms with Crippen molar-refractivity contribution in [3.05, 3.63) is 47.3 Å². The summed E-state index contributed by atoms with van der Waals surface area (Å²) in [5, 5.41) is 9.07. The van der Waals surface area contributed by atoms with Crippen LogP contribution in [0.3, 0.4) is 0 Å². The zero-order valence-electron chi connectivity index (χ0n) is 9.35. The van der Waals surface area contributed by atoms with E-state index < -0.39 is 0 Å². The van der Waals surface area contributed by atoms with Crippen LogP contribution in [0.2, 0.25) is 0 Å². The Bertz CT molecular complexity index is 442. The molecular formula is C13H15N3. The number of hydrogen-bond acceptors (Lipinski definition) is 3. The van der Waals surface area contributed by atoms with Crippen molar-refractivity contribution >= 4 is 0 Å². The van der Waals surface area contributed by atoms with Gasteiger partial charge in [-0.3, -0.25) is 0 Å². The van der Waals surface area contributed by atoms with E-state index in [0.29, 0.717) is 17.4 Å². The monoisotopic (exact) mass is 213 g/mol. The molecule has 1 aromatic rings. The van der Waals surface area contributed by atoms with Gasteiger partial charge in [-0.15, -0.1) is 0 Å². The van der Waals surface area contributed by atoms with E-state index in [1.54, 1.807) is 0 Å². The lowest BCUT2D eigenvalue weighted by Gasteiger charge is -2.24. The summed E-state index contributed by atoms with van der Waals surface area (Å²) in [6.45, 7) is 2.85. The molecule has 2 rings (SSSR count). The van der Waals surface area contributed by atoms with Gasteiger partial charge in [-0.25, -0.2) is 0 Å². The highest BCUT2D eigenvalue weighted by Crippen LogP contribution is 2.26. The van der Waals surface area contributed by atoms with E-state index in [9.17, 15) is 0 Å². The van der Waals surface area contributed by atoms with Crippen molar-refractivity contribution in [3.63, 3.8) is 0 Å². The number of benzene rings is 1. The lowest BCUT2D eigenvalue weighted by atomic mass is 10.2. The predicted octanol–water partition coefficient (Wildman–Crippen LogP) is 1.97. The first-order valence-corrected chi connectivity index (χ1v) is 5.41. The first kappa shape index (κ1) is 10.6.